The summed E-state index contributed by atoms with van der Waals surface area (Å²) in [7, 11) is 0. The fraction of sp³-hybridized carbons (Fsp3) is 0.244. The van der Waals surface area contributed by atoms with Gasteiger partial charge in [0.05, 0.1) is 43.5 Å². The Morgan fingerprint density at radius 2 is 1.00 bits per heavy atom. The lowest BCUT2D eigenvalue weighted by Crippen LogP contribution is -2.62. The van der Waals surface area contributed by atoms with Crippen molar-refractivity contribution in [2.24, 2.45) is 0 Å². The van der Waals surface area contributed by atoms with E-state index in [-0.39, 0.29) is 37.7 Å². The Balaban J connectivity index is 1.32. The maximum atomic E-state index is 13.6. The number of esters is 1. The summed E-state index contributed by atoms with van der Waals surface area (Å²) in [6, 6.07) is 44.1. The number of rotatable bonds is 16. The molecule has 0 aliphatic carbocycles. The Morgan fingerprint density at radius 3 is 1.47 bits per heavy atom. The van der Waals surface area contributed by atoms with Crippen LogP contribution in [0, 0.1) is 10.1 Å². The van der Waals surface area contributed by atoms with Crippen molar-refractivity contribution in [3.63, 3.8) is 0 Å². The highest BCUT2D eigenvalue weighted by Gasteiger charge is 2.50. The Morgan fingerprint density at radius 1 is 0.569 bits per heavy atom. The number of nitro groups is 1. The molecule has 5 aromatic rings. The molecular formula is C41H39NO9. The number of hydrogen-bond donors (Lipinski definition) is 0. The van der Waals surface area contributed by atoms with Gasteiger partial charge >= 0.3 is 5.97 Å². The zero-order valence-corrected chi connectivity index (χ0v) is 27.9. The Bertz CT molecular complexity index is 1790. The van der Waals surface area contributed by atoms with E-state index in [4.69, 9.17) is 28.4 Å². The lowest BCUT2D eigenvalue weighted by Gasteiger charge is -2.45. The lowest BCUT2D eigenvalue weighted by molar-refractivity contribution is -0.384. The third kappa shape index (κ3) is 10.2. The van der Waals surface area contributed by atoms with Gasteiger partial charge in [-0.25, -0.2) is 4.79 Å². The van der Waals surface area contributed by atoms with Crippen LogP contribution < -0.4 is 0 Å². The van der Waals surface area contributed by atoms with Crippen molar-refractivity contribution in [2.75, 3.05) is 6.61 Å². The molecule has 0 spiro atoms. The van der Waals surface area contributed by atoms with Crippen LogP contribution in [0.5, 0.6) is 0 Å². The van der Waals surface area contributed by atoms with Crippen LogP contribution in [0.25, 0.3) is 0 Å². The van der Waals surface area contributed by atoms with Crippen molar-refractivity contribution in [1.82, 2.24) is 0 Å². The second-order valence-corrected chi connectivity index (χ2v) is 12.0. The molecule has 5 aromatic carbocycles. The standard InChI is InChI=1S/C41H39NO9/c43-40(34-21-23-35(24-22-34)42(44)45)51-41-39(49-28-33-19-11-4-12-20-33)38(48-27-32-17-9-3-10-18-32)37(47-26-31-15-7-2-8-16-31)36(50-41)29-46-25-30-13-5-1-6-14-30/h1-24,36-39,41H,25-29H2/t36-,37-,38+,39-,41?/m1/s1. The zero-order chi connectivity index (χ0) is 35.3. The zero-order valence-electron chi connectivity index (χ0n) is 27.9. The van der Waals surface area contributed by atoms with Crippen LogP contribution in [-0.2, 0) is 54.8 Å². The summed E-state index contributed by atoms with van der Waals surface area (Å²) in [6.45, 7) is 1.07. The number of benzene rings is 5. The Hall–Kier alpha value is -5.23. The average Bonchev–Trinajstić information content (AvgIpc) is 3.18. The Kier molecular flexibility index (Phi) is 12.7. The third-order valence-electron chi connectivity index (χ3n) is 8.38. The van der Waals surface area contributed by atoms with Crippen LogP contribution in [0.1, 0.15) is 32.6 Å². The van der Waals surface area contributed by atoms with E-state index in [2.05, 4.69) is 0 Å². The molecule has 6 rings (SSSR count). The van der Waals surface area contributed by atoms with Gasteiger partial charge in [0, 0.05) is 12.1 Å². The summed E-state index contributed by atoms with van der Waals surface area (Å²) in [5.74, 6) is -0.738. The maximum Gasteiger partial charge on any atom is 0.340 e. The molecule has 1 fully saturated rings. The summed E-state index contributed by atoms with van der Waals surface area (Å²) in [6.07, 6.45) is -4.43. The molecule has 0 aromatic heterocycles. The van der Waals surface area contributed by atoms with E-state index in [1.807, 2.05) is 121 Å². The smallest absolute Gasteiger partial charge is 0.340 e. The van der Waals surface area contributed by atoms with E-state index in [1.165, 1.54) is 24.3 Å². The van der Waals surface area contributed by atoms with Crippen molar-refractivity contribution in [2.45, 2.75) is 57.1 Å². The second-order valence-electron chi connectivity index (χ2n) is 12.0. The van der Waals surface area contributed by atoms with Crippen LogP contribution in [0.2, 0.25) is 0 Å². The molecule has 1 unspecified atom stereocenters. The first-order valence-corrected chi connectivity index (χ1v) is 16.7. The van der Waals surface area contributed by atoms with Crippen molar-refractivity contribution in [3.05, 3.63) is 184 Å². The van der Waals surface area contributed by atoms with Crippen LogP contribution in [-0.4, -0.2) is 48.2 Å². The molecule has 51 heavy (non-hydrogen) atoms. The van der Waals surface area contributed by atoms with Gasteiger partial charge in [-0.05, 0) is 34.4 Å². The molecule has 10 nitrogen and oxygen atoms in total. The second kappa shape index (κ2) is 18.1. The molecular weight excluding hydrogens is 650 g/mol. The van der Waals surface area contributed by atoms with Crippen LogP contribution >= 0.6 is 0 Å². The highest BCUT2D eigenvalue weighted by atomic mass is 16.7. The summed E-state index contributed by atoms with van der Waals surface area (Å²) in [5, 5.41) is 11.2. The summed E-state index contributed by atoms with van der Waals surface area (Å²) < 4.78 is 38.6. The molecule has 1 saturated heterocycles. The first-order chi connectivity index (χ1) is 25.0. The number of carbonyl (C=O) groups is 1. The quantitative estimate of drug-likeness (QED) is 0.0592. The van der Waals surface area contributed by atoms with E-state index in [0.29, 0.717) is 6.61 Å². The topological polar surface area (TPSA) is 116 Å². The van der Waals surface area contributed by atoms with Gasteiger partial charge in [-0.1, -0.05) is 121 Å². The number of nitrogens with zero attached hydrogens (tertiary/aromatic N) is 1. The molecule has 262 valence electrons. The minimum atomic E-state index is -1.25. The van der Waals surface area contributed by atoms with Gasteiger partial charge < -0.3 is 28.4 Å². The molecule has 0 N–H and O–H groups in total. The normalized spacial score (nSPS) is 20.0. The van der Waals surface area contributed by atoms with E-state index in [9.17, 15) is 14.9 Å². The largest absolute Gasteiger partial charge is 0.429 e. The molecule has 0 radical (unpaired) electrons. The van der Waals surface area contributed by atoms with Gasteiger partial charge in [-0.2, -0.15) is 0 Å². The van der Waals surface area contributed by atoms with Gasteiger partial charge in [-0.3, -0.25) is 10.1 Å². The Labute approximate surface area is 296 Å². The monoisotopic (exact) mass is 689 g/mol. The van der Waals surface area contributed by atoms with Crippen molar-refractivity contribution in [1.29, 1.82) is 0 Å². The third-order valence-corrected chi connectivity index (χ3v) is 8.38. The first-order valence-electron chi connectivity index (χ1n) is 16.7. The van der Waals surface area contributed by atoms with Crippen LogP contribution in [0.4, 0.5) is 5.69 Å². The van der Waals surface area contributed by atoms with Crippen molar-refractivity contribution >= 4 is 11.7 Å². The fourth-order valence-corrected chi connectivity index (χ4v) is 5.73. The fourth-order valence-electron chi connectivity index (χ4n) is 5.73. The predicted octanol–water partition coefficient (Wildman–Crippen LogP) is 7.45. The molecule has 0 amide bonds. The highest BCUT2D eigenvalue weighted by Crippen LogP contribution is 2.32. The molecule has 0 saturated carbocycles. The molecule has 1 heterocycles. The van der Waals surface area contributed by atoms with Crippen LogP contribution in [0.3, 0.4) is 0 Å². The molecule has 10 heteroatoms. The van der Waals surface area contributed by atoms with E-state index < -0.39 is 41.6 Å². The van der Waals surface area contributed by atoms with E-state index >= 15 is 0 Å². The van der Waals surface area contributed by atoms with Crippen molar-refractivity contribution < 1.29 is 38.1 Å². The van der Waals surface area contributed by atoms with Crippen LogP contribution in [0.15, 0.2) is 146 Å². The summed E-state index contributed by atoms with van der Waals surface area (Å²) in [4.78, 5) is 24.3. The van der Waals surface area contributed by atoms with Gasteiger partial charge in [0.1, 0.15) is 24.4 Å². The highest BCUT2D eigenvalue weighted by molar-refractivity contribution is 5.89. The number of non-ortho nitro benzene ring substituents is 1. The predicted molar refractivity (Wildman–Crippen MR) is 188 cm³/mol. The van der Waals surface area contributed by atoms with Gasteiger partial charge in [0.25, 0.3) is 5.69 Å². The minimum Gasteiger partial charge on any atom is -0.429 e. The van der Waals surface area contributed by atoms with Gasteiger partial charge in [0.2, 0.25) is 6.29 Å². The molecule has 5 atom stereocenters. The molecule has 0 bridgehead atoms. The van der Waals surface area contributed by atoms with E-state index in [1.54, 1.807) is 0 Å². The van der Waals surface area contributed by atoms with Crippen molar-refractivity contribution in [3.8, 4) is 0 Å². The number of carbonyl (C=O) groups excluding carboxylic acids is 1. The SMILES string of the molecule is O=C(OC1O[C@H](COCc2ccccc2)[C@@H](OCc2ccccc2)[C@H](OCc2ccccc2)[C@H]1OCc1ccccc1)c1ccc([N+](=O)[O-])cc1. The van der Waals surface area contributed by atoms with E-state index in [0.717, 1.165) is 22.3 Å². The summed E-state index contributed by atoms with van der Waals surface area (Å²) >= 11 is 0. The minimum absolute atomic E-state index is 0.0938. The number of ether oxygens (including phenoxy) is 6. The lowest BCUT2D eigenvalue weighted by atomic mass is 9.97. The maximum absolute atomic E-state index is 13.6. The van der Waals surface area contributed by atoms with Gasteiger partial charge in [-0.15, -0.1) is 0 Å². The number of hydrogen-bond acceptors (Lipinski definition) is 9. The number of nitro benzene ring substituents is 1. The summed E-state index contributed by atoms with van der Waals surface area (Å²) in [5.41, 5.74) is 3.74. The molecule has 1 aliphatic rings. The average molecular weight is 690 g/mol. The molecule has 1 aliphatic heterocycles. The van der Waals surface area contributed by atoms with Gasteiger partial charge in [0.15, 0.2) is 0 Å². The first kappa shape index (κ1) is 35.6.